The van der Waals surface area contributed by atoms with Crippen molar-refractivity contribution < 1.29 is 0 Å². The molecule has 0 atom stereocenters. The fourth-order valence-electron chi connectivity index (χ4n) is 4.63. The van der Waals surface area contributed by atoms with Gasteiger partial charge in [0.15, 0.2) is 0 Å². The molecular weight excluding hydrogens is 476 g/mol. The number of nitrogens with one attached hydrogen (secondary N) is 1. The van der Waals surface area contributed by atoms with Crippen molar-refractivity contribution in [2.75, 3.05) is 15.1 Å². The Morgan fingerprint density at radius 2 is 0.667 bits per heavy atom. The predicted molar refractivity (Wildman–Crippen MR) is 163 cm³/mol. The lowest BCUT2D eigenvalue weighted by molar-refractivity contribution is 1.13. The molecule has 0 saturated carbocycles. The van der Waals surface area contributed by atoms with Crippen LogP contribution in [0.4, 0.5) is 45.8 Å². The first-order valence-corrected chi connectivity index (χ1v) is 13.0. The van der Waals surface area contributed by atoms with Crippen LogP contribution in [-0.4, -0.2) is 4.98 Å². The zero-order chi connectivity index (χ0) is 26.3. The van der Waals surface area contributed by atoms with E-state index in [1.807, 2.05) is 42.5 Å². The summed E-state index contributed by atoms with van der Waals surface area (Å²) in [6.45, 7) is 0. The van der Waals surface area contributed by atoms with Gasteiger partial charge in [-0.3, -0.25) is 9.80 Å². The van der Waals surface area contributed by atoms with Gasteiger partial charge in [-0.05, 0) is 60.7 Å². The van der Waals surface area contributed by atoms with Crippen molar-refractivity contribution in [3.05, 3.63) is 164 Å². The summed E-state index contributed by atoms with van der Waals surface area (Å²) in [5, 5.41) is 3.61. The molecule has 1 N–H and O–H groups in total. The maximum absolute atomic E-state index is 5.29. The number of nitrogens with zero attached hydrogens (tertiary/aromatic N) is 3. The maximum Gasteiger partial charge on any atom is 0.142 e. The SMILES string of the molecule is c1ccc(Nc2cc(N(c3ccccc3)c3ccccc3)nc(N(c3ccccc3)c3ccccc3)c2)cc1. The molecule has 0 aliphatic carbocycles. The summed E-state index contributed by atoms with van der Waals surface area (Å²) in [7, 11) is 0. The van der Waals surface area contributed by atoms with Gasteiger partial charge in [0.25, 0.3) is 0 Å². The van der Waals surface area contributed by atoms with Crippen LogP contribution in [0, 0.1) is 0 Å². The van der Waals surface area contributed by atoms with Gasteiger partial charge in [0, 0.05) is 46.3 Å². The lowest BCUT2D eigenvalue weighted by Gasteiger charge is -2.29. The van der Waals surface area contributed by atoms with Gasteiger partial charge in [-0.25, -0.2) is 4.98 Å². The second kappa shape index (κ2) is 11.4. The smallest absolute Gasteiger partial charge is 0.142 e. The van der Waals surface area contributed by atoms with Crippen molar-refractivity contribution >= 4 is 45.8 Å². The van der Waals surface area contributed by atoms with Crippen molar-refractivity contribution in [3.8, 4) is 0 Å². The number of aromatic nitrogens is 1. The first-order valence-electron chi connectivity index (χ1n) is 13.0. The van der Waals surface area contributed by atoms with Gasteiger partial charge in [-0.15, -0.1) is 0 Å². The first-order chi connectivity index (χ1) is 19.3. The maximum atomic E-state index is 5.29. The Morgan fingerprint density at radius 1 is 0.359 bits per heavy atom. The molecule has 0 saturated heterocycles. The summed E-state index contributed by atoms with van der Waals surface area (Å²) < 4.78 is 0. The molecule has 0 aliphatic rings. The molecule has 1 aromatic heterocycles. The topological polar surface area (TPSA) is 31.4 Å². The van der Waals surface area contributed by atoms with Crippen LogP contribution >= 0.6 is 0 Å². The van der Waals surface area contributed by atoms with E-state index in [9.17, 15) is 0 Å². The van der Waals surface area contributed by atoms with E-state index >= 15 is 0 Å². The predicted octanol–water partition coefficient (Wildman–Crippen LogP) is 9.76. The van der Waals surface area contributed by atoms with E-state index < -0.39 is 0 Å². The third-order valence-corrected chi connectivity index (χ3v) is 6.38. The third kappa shape index (κ3) is 5.50. The Labute approximate surface area is 229 Å². The van der Waals surface area contributed by atoms with Gasteiger partial charge in [0.05, 0.1) is 0 Å². The van der Waals surface area contributed by atoms with Crippen molar-refractivity contribution in [3.63, 3.8) is 0 Å². The molecule has 5 aromatic carbocycles. The van der Waals surface area contributed by atoms with Crippen LogP contribution in [0.25, 0.3) is 0 Å². The summed E-state index contributed by atoms with van der Waals surface area (Å²) >= 11 is 0. The zero-order valence-electron chi connectivity index (χ0n) is 21.4. The molecule has 1 heterocycles. The summed E-state index contributed by atoms with van der Waals surface area (Å²) in [6.07, 6.45) is 0. The van der Waals surface area contributed by atoms with E-state index in [-0.39, 0.29) is 0 Å². The monoisotopic (exact) mass is 504 g/mol. The van der Waals surface area contributed by atoms with Crippen LogP contribution in [0.15, 0.2) is 164 Å². The highest BCUT2D eigenvalue weighted by atomic mass is 15.3. The van der Waals surface area contributed by atoms with Gasteiger partial charge in [-0.1, -0.05) is 91.0 Å². The standard InChI is InChI=1S/C35H28N4/c1-6-16-28(17-7-1)36-29-26-34(38(30-18-8-2-9-19-30)31-20-10-3-11-21-31)37-35(27-29)39(32-22-12-4-13-23-32)33-24-14-5-15-25-33/h1-27H,(H,36,37). The van der Waals surface area contributed by atoms with Crippen molar-refractivity contribution in [2.45, 2.75) is 0 Å². The molecule has 0 spiro atoms. The molecule has 0 radical (unpaired) electrons. The number of hydrogen-bond donors (Lipinski definition) is 1. The number of para-hydroxylation sites is 5. The summed E-state index contributed by atoms with van der Waals surface area (Å²) in [4.78, 5) is 9.67. The Bertz CT molecular complexity index is 1430. The summed E-state index contributed by atoms with van der Waals surface area (Å²) in [5.41, 5.74) is 6.08. The minimum Gasteiger partial charge on any atom is -0.355 e. The normalized spacial score (nSPS) is 10.6. The molecular formula is C35H28N4. The van der Waals surface area contributed by atoms with E-state index in [0.717, 1.165) is 45.8 Å². The van der Waals surface area contributed by atoms with Gasteiger partial charge < -0.3 is 5.32 Å². The molecule has 0 fully saturated rings. The quantitative estimate of drug-likeness (QED) is 0.223. The Balaban J connectivity index is 1.57. The highest BCUT2D eigenvalue weighted by molar-refractivity contribution is 5.82. The van der Waals surface area contributed by atoms with Crippen molar-refractivity contribution in [1.82, 2.24) is 4.98 Å². The van der Waals surface area contributed by atoms with Gasteiger partial charge in [0.1, 0.15) is 11.6 Å². The minimum absolute atomic E-state index is 0.806. The molecule has 0 amide bonds. The molecule has 0 aliphatic heterocycles. The Hall–Kier alpha value is -5.35. The first kappa shape index (κ1) is 24.0. The molecule has 6 rings (SSSR count). The fourth-order valence-corrected chi connectivity index (χ4v) is 4.63. The highest BCUT2D eigenvalue weighted by Crippen LogP contribution is 2.40. The summed E-state index contributed by atoms with van der Waals surface area (Å²) in [5.74, 6) is 1.61. The number of pyridine rings is 1. The molecule has 39 heavy (non-hydrogen) atoms. The molecule has 4 heteroatoms. The average Bonchev–Trinajstić information content (AvgIpc) is 3.00. The lowest BCUT2D eigenvalue weighted by Crippen LogP contribution is -2.16. The second-order valence-electron chi connectivity index (χ2n) is 9.08. The van der Waals surface area contributed by atoms with Crippen LogP contribution in [-0.2, 0) is 0 Å². The van der Waals surface area contributed by atoms with E-state index in [2.05, 4.69) is 136 Å². The van der Waals surface area contributed by atoms with E-state index in [4.69, 9.17) is 4.98 Å². The molecule has 4 nitrogen and oxygen atoms in total. The molecule has 6 aromatic rings. The van der Waals surface area contributed by atoms with Crippen LogP contribution in [0.5, 0.6) is 0 Å². The zero-order valence-corrected chi connectivity index (χ0v) is 21.4. The van der Waals surface area contributed by atoms with Gasteiger partial charge >= 0.3 is 0 Å². The van der Waals surface area contributed by atoms with Gasteiger partial charge in [-0.2, -0.15) is 0 Å². The minimum atomic E-state index is 0.806. The fraction of sp³-hybridized carbons (Fsp3) is 0. The highest BCUT2D eigenvalue weighted by Gasteiger charge is 2.20. The molecule has 0 unspecified atom stereocenters. The van der Waals surface area contributed by atoms with Crippen LogP contribution in [0.1, 0.15) is 0 Å². The Morgan fingerprint density at radius 3 is 1.00 bits per heavy atom. The van der Waals surface area contributed by atoms with Crippen LogP contribution in [0.3, 0.4) is 0 Å². The largest absolute Gasteiger partial charge is 0.355 e. The van der Waals surface area contributed by atoms with Crippen LogP contribution in [0.2, 0.25) is 0 Å². The summed E-state index contributed by atoms with van der Waals surface area (Å²) in [6, 6.07) is 55.9. The number of benzene rings is 5. The lowest BCUT2D eigenvalue weighted by atomic mass is 10.2. The second-order valence-corrected chi connectivity index (χ2v) is 9.08. The average molecular weight is 505 g/mol. The molecule has 0 bridgehead atoms. The van der Waals surface area contributed by atoms with Crippen LogP contribution < -0.4 is 15.1 Å². The van der Waals surface area contributed by atoms with Gasteiger partial charge in [0.2, 0.25) is 0 Å². The Kier molecular flexibility index (Phi) is 7.00. The third-order valence-electron chi connectivity index (χ3n) is 6.38. The molecule has 188 valence electrons. The van der Waals surface area contributed by atoms with Crippen molar-refractivity contribution in [2.24, 2.45) is 0 Å². The number of rotatable bonds is 8. The number of hydrogen-bond acceptors (Lipinski definition) is 4. The van der Waals surface area contributed by atoms with E-state index in [1.165, 1.54) is 0 Å². The van der Waals surface area contributed by atoms with Crippen molar-refractivity contribution in [1.29, 1.82) is 0 Å². The van der Waals surface area contributed by atoms with E-state index in [1.54, 1.807) is 0 Å². The van der Waals surface area contributed by atoms with E-state index in [0.29, 0.717) is 0 Å². The number of anilines is 8.